The third-order valence-electron chi connectivity index (χ3n) is 2.15. The Morgan fingerprint density at radius 2 is 2.16 bits per heavy atom. The largest absolute Gasteiger partial charge is 0.465 e. The molecule has 1 aromatic rings. The quantitative estimate of drug-likeness (QED) is 0.683. The highest BCUT2D eigenvalue weighted by molar-refractivity contribution is 8.00. The van der Waals surface area contributed by atoms with Crippen molar-refractivity contribution in [3.05, 3.63) is 28.8 Å². The number of thioether (sulfide) groups is 1. The Bertz CT molecular complexity index is 538. The fraction of sp³-hybridized carbons (Fsp3) is 0.273. The molecule has 0 spiro atoms. The SMILES string of the molecule is COC(=O)c1c(CN)cc(C#N)cc1SC(F)(F)F. The number of nitrogens with two attached hydrogens (primary N) is 1. The summed E-state index contributed by atoms with van der Waals surface area (Å²) in [6.07, 6.45) is 0. The van der Waals surface area contributed by atoms with E-state index in [4.69, 9.17) is 11.0 Å². The summed E-state index contributed by atoms with van der Waals surface area (Å²) >= 11 is -0.477. The van der Waals surface area contributed by atoms with Crippen LogP contribution in [0.2, 0.25) is 0 Å². The van der Waals surface area contributed by atoms with Crippen LogP contribution in [0.5, 0.6) is 0 Å². The van der Waals surface area contributed by atoms with Crippen molar-refractivity contribution in [2.45, 2.75) is 16.9 Å². The number of halogens is 3. The van der Waals surface area contributed by atoms with Crippen LogP contribution in [0.1, 0.15) is 21.5 Å². The van der Waals surface area contributed by atoms with Gasteiger partial charge in [-0.2, -0.15) is 18.4 Å². The fourth-order valence-corrected chi connectivity index (χ4v) is 2.19. The lowest BCUT2D eigenvalue weighted by Gasteiger charge is -2.13. The van der Waals surface area contributed by atoms with Gasteiger partial charge in [-0.3, -0.25) is 0 Å². The zero-order chi connectivity index (χ0) is 14.6. The first kappa shape index (κ1) is 15.3. The number of alkyl halides is 3. The molecule has 0 aliphatic heterocycles. The normalized spacial score (nSPS) is 10.9. The number of methoxy groups -OCH3 is 1. The van der Waals surface area contributed by atoms with Gasteiger partial charge in [0.1, 0.15) is 0 Å². The van der Waals surface area contributed by atoms with Gasteiger partial charge in [0.2, 0.25) is 0 Å². The monoisotopic (exact) mass is 290 g/mol. The molecule has 0 unspecified atom stereocenters. The van der Waals surface area contributed by atoms with Crippen molar-refractivity contribution in [1.82, 2.24) is 0 Å². The van der Waals surface area contributed by atoms with Gasteiger partial charge in [-0.05, 0) is 29.5 Å². The van der Waals surface area contributed by atoms with Crippen LogP contribution in [0.15, 0.2) is 17.0 Å². The molecule has 0 saturated carbocycles. The molecule has 0 atom stereocenters. The van der Waals surface area contributed by atoms with Crippen LogP contribution in [-0.4, -0.2) is 18.6 Å². The van der Waals surface area contributed by atoms with Crippen LogP contribution in [0.4, 0.5) is 13.2 Å². The van der Waals surface area contributed by atoms with E-state index in [1.165, 1.54) is 6.07 Å². The Labute approximate surface area is 111 Å². The maximum Gasteiger partial charge on any atom is 0.446 e. The number of benzene rings is 1. The fourth-order valence-electron chi connectivity index (χ4n) is 1.44. The molecule has 0 aromatic heterocycles. The van der Waals surface area contributed by atoms with Gasteiger partial charge < -0.3 is 10.5 Å². The molecular weight excluding hydrogens is 281 g/mol. The first-order valence-electron chi connectivity index (χ1n) is 4.93. The molecular formula is C11H9F3N2O2S. The van der Waals surface area contributed by atoms with Gasteiger partial charge in [-0.25, -0.2) is 4.79 Å². The van der Waals surface area contributed by atoms with Crippen molar-refractivity contribution in [3.63, 3.8) is 0 Å². The van der Waals surface area contributed by atoms with Gasteiger partial charge in [0.15, 0.2) is 0 Å². The molecule has 0 amide bonds. The Kier molecular flexibility index (Phi) is 4.80. The van der Waals surface area contributed by atoms with E-state index in [1.807, 2.05) is 0 Å². The van der Waals surface area contributed by atoms with Gasteiger partial charge >= 0.3 is 11.5 Å². The average molecular weight is 290 g/mol. The zero-order valence-electron chi connectivity index (χ0n) is 9.75. The van der Waals surface area contributed by atoms with E-state index in [-0.39, 0.29) is 28.1 Å². The lowest BCUT2D eigenvalue weighted by molar-refractivity contribution is -0.0328. The maximum atomic E-state index is 12.5. The summed E-state index contributed by atoms with van der Waals surface area (Å²) < 4.78 is 41.8. The molecule has 19 heavy (non-hydrogen) atoms. The summed E-state index contributed by atoms with van der Waals surface area (Å²) in [7, 11) is 1.06. The second-order valence-electron chi connectivity index (χ2n) is 3.36. The van der Waals surface area contributed by atoms with Crippen molar-refractivity contribution >= 4 is 17.7 Å². The van der Waals surface area contributed by atoms with Crippen LogP contribution in [-0.2, 0) is 11.3 Å². The van der Waals surface area contributed by atoms with Gasteiger partial charge in [-0.15, -0.1) is 0 Å². The molecule has 2 N–H and O–H groups in total. The van der Waals surface area contributed by atoms with E-state index in [1.54, 1.807) is 6.07 Å². The lowest BCUT2D eigenvalue weighted by Crippen LogP contribution is -2.13. The highest BCUT2D eigenvalue weighted by Crippen LogP contribution is 2.40. The predicted octanol–water partition coefficient (Wildman–Crippen LogP) is 2.42. The van der Waals surface area contributed by atoms with Gasteiger partial charge in [-0.1, -0.05) is 0 Å². The number of esters is 1. The molecule has 0 aliphatic rings. The smallest absolute Gasteiger partial charge is 0.446 e. The van der Waals surface area contributed by atoms with Crippen LogP contribution in [0, 0.1) is 11.3 Å². The van der Waals surface area contributed by atoms with Crippen molar-refractivity contribution in [1.29, 1.82) is 5.26 Å². The van der Waals surface area contributed by atoms with Crippen LogP contribution in [0.25, 0.3) is 0 Å². The van der Waals surface area contributed by atoms with E-state index >= 15 is 0 Å². The third kappa shape index (κ3) is 3.87. The summed E-state index contributed by atoms with van der Waals surface area (Å²) in [5, 5.41) is 8.77. The molecule has 102 valence electrons. The zero-order valence-corrected chi connectivity index (χ0v) is 10.6. The van der Waals surface area contributed by atoms with Crippen molar-refractivity contribution in [3.8, 4) is 6.07 Å². The maximum absolute atomic E-state index is 12.5. The number of nitrogens with zero attached hydrogens (tertiary/aromatic N) is 1. The number of hydrogen-bond acceptors (Lipinski definition) is 5. The summed E-state index contributed by atoms with van der Waals surface area (Å²) in [6, 6.07) is 3.98. The molecule has 4 nitrogen and oxygen atoms in total. The molecule has 0 heterocycles. The van der Waals surface area contributed by atoms with Gasteiger partial charge in [0.05, 0.1) is 24.3 Å². The topological polar surface area (TPSA) is 76.1 Å². The average Bonchev–Trinajstić information content (AvgIpc) is 2.34. The number of nitriles is 1. The van der Waals surface area contributed by atoms with E-state index in [0.717, 1.165) is 13.2 Å². The lowest BCUT2D eigenvalue weighted by atomic mass is 10.0. The number of hydrogen-bond donors (Lipinski definition) is 1. The summed E-state index contributed by atoms with van der Waals surface area (Å²) in [6.45, 7) is -0.175. The second kappa shape index (κ2) is 5.95. The van der Waals surface area contributed by atoms with Crippen LogP contribution >= 0.6 is 11.8 Å². The Hall–Kier alpha value is -1.72. The van der Waals surface area contributed by atoms with E-state index in [9.17, 15) is 18.0 Å². The first-order chi connectivity index (χ1) is 8.82. The third-order valence-corrected chi connectivity index (χ3v) is 2.92. The Morgan fingerprint density at radius 3 is 2.58 bits per heavy atom. The molecule has 1 aromatic carbocycles. The van der Waals surface area contributed by atoms with Crippen LogP contribution < -0.4 is 5.73 Å². The number of carbonyl (C=O) groups is 1. The van der Waals surface area contributed by atoms with Gasteiger partial charge in [0.25, 0.3) is 0 Å². The number of ether oxygens (including phenoxy) is 1. The second-order valence-corrected chi connectivity index (χ2v) is 4.47. The van der Waals surface area contributed by atoms with E-state index in [0.29, 0.717) is 0 Å². The first-order valence-corrected chi connectivity index (χ1v) is 5.75. The molecule has 0 radical (unpaired) electrons. The van der Waals surface area contributed by atoms with E-state index < -0.39 is 23.2 Å². The van der Waals surface area contributed by atoms with Crippen LogP contribution in [0.3, 0.4) is 0 Å². The molecule has 0 bridgehead atoms. The van der Waals surface area contributed by atoms with Gasteiger partial charge in [0, 0.05) is 11.4 Å². The minimum Gasteiger partial charge on any atom is -0.465 e. The standard InChI is InChI=1S/C11H9F3N2O2S/c1-18-10(17)9-7(5-16)2-6(4-15)3-8(9)19-11(12,13)14/h2-3H,5,16H2,1H3. The number of rotatable bonds is 3. The Morgan fingerprint density at radius 1 is 1.53 bits per heavy atom. The highest BCUT2D eigenvalue weighted by Gasteiger charge is 2.32. The predicted molar refractivity (Wildman–Crippen MR) is 62.3 cm³/mol. The number of carbonyl (C=O) groups excluding carboxylic acids is 1. The minimum absolute atomic E-state index is 0.000136. The Balaban J connectivity index is 3.47. The molecule has 0 saturated heterocycles. The molecule has 1 rings (SSSR count). The minimum atomic E-state index is -4.58. The molecule has 0 fully saturated rings. The summed E-state index contributed by atoms with van der Waals surface area (Å²) in [5.74, 6) is -0.920. The molecule has 8 heteroatoms. The summed E-state index contributed by atoms with van der Waals surface area (Å²) in [5.41, 5.74) is 0.690. The van der Waals surface area contributed by atoms with Crippen molar-refractivity contribution in [2.24, 2.45) is 5.73 Å². The van der Waals surface area contributed by atoms with Crippen molar-refractivity contribution < 1.29 is 22.7 Å². The summed E-state index contributed by atoms with van der Waals surface area (Å²) in [4.78, 5) is 11.2. The molecule has 0 aliphatic carbocycles. The van der Waals surface area contributed by atoms with Crippen molar-refractivity contribution in [2.75, 3.05) is 7.11 Å². The highest BCUT2D eigenvalue weighted by atomic mass is 32.2. The van der Waals surface area contributed by atoms with E-state index in [2.05, 4.69) is 4.74 Å².